The second-order valence-electron chi connectivity index (χ2n) is 4.04. The Kier molecular flexibility index (Phi) is 4.50. The van der Waals surface area contributed by atoms with E-state index in [0.29, 0.717) is 21.5 Å². The predicted molar refractivity (Wildman–Crippen MR) is 78.3 cm³/mol. The first-order chi connectivity index (χ1) is 9.45. The molecule has 0 unspecified atom stereocenters. The van der Waals surface area contributed by atoms with Crippen molar-refractivity contribution in [1.29, 1.82) is 0 Å². The van der Waals surface area contributed by atoms with Crippen LogP contribution in [0.3, 0.4) is 0 Å². The summed E-state index contributed by atoms with van der Waals surface area (Å²) < 4.78 is 0. The molecular formula is C11H13N5O2S2. The van der Waals surface area contributed by atoms with E-state index in [1.807, 2.05) is 6.92 Å². The topological polar surface area (TPSA) is 101 Å². The van der Waals surface area contributed by atoms with Gasteiger partial charge in [0.2, 0.25) is 11.0 Å². The number of nitrogens with one attached hydrogen (secondary N) is 2. The van der Waals surface area contributed by atoms with Crippen LogP contribution in [0.2, 0.25) is 0 Å². The van der Waals surface area contributed by atoms with Gasteiger partial charge in [0.05, 0.1) is 5.75 Å². The van der Waals surface area contributed by atoms with Crippen LogP contribution in [0, 0.1) is 20.8 Å². The molecule has 20 heavy (non-hydrogen) atoms. The minimum absolute atomic E-state index is 0.143. The van der Waals surface area contributed by atoms with Crippen molar-refractivity contribution in [2.24, 2.45) is 0 Å². The van der Waals surface area contributed by atoms with Gasteiger partial charge in [-0.15, -0.1) is 10.2 Å². The summed E-state index contributed by atoms with van der Waals surface area (Å²) in [4.78, 5) is 30.1. The second-order valence-corrected chi connectivity index (χ2v) is 6.19. The average Bonchev–Trinajstić information content (AvgIpc) is 2.78. The molecular weight excluding hydrogens is 298 g/mol. The molecule has 2 aromatic heterocycles. The van der Waals surface area contributed by atoms with Gasteiger partial charge in [0.15, 0.2) is 5.16 Å². The number of carbonyl (C=O) groups is 1. The molecule has 0 aliphatic carbocycles. The minimum Gasteiger partial charge on any atom is -0.301 e. The van der Waals surface area contributed by atoms with Gasteiger partial charge in [0.25, 0.3) is 5.56 Å². The standard InChI is InChI=1S/C11H13N5O2S2/c1-5-6(2)12-10(14-9(5)18)19-4-8(17)13-11-16-15-7(3)20-11/h4H2,1-3H3,(H,12,14,18)(H,13,16,17). The van der Waals surface area contributed by atoms with Gasteiger partial charge in [0, 0.05) is 11.3 Å². The van der Waals surface area contributed by atoms with Crippen molar-refractivity contribution in [3.05, 3.63) is 26.6 Å². The lowest BCUT2D eigenvalue weighted by molar-refractivity contribution is -0.113. The summed E-state index contributed by atoms with van der Waals surface area (Å²) in [7, 11) is 0. The molecule has 2 N–H and O–H groups in total. The number of carbonyl (C=O) groups excluding carboxylic acids is 1. The van der Waals surface area contributed by atoms with Gasteiger partial charge < -0.3 is 4.98 Å². The van der Waals surface area contributed by atoms with Gasteiger partial charge in [-0.05, 0) is 20.8 Å². The first-order valence-electron chi connectivity index (χ1n) is 5.76. The van der Waals surface area contributed by atoms with Crippen LogP contribution in [0.5, 0.6) is 0 Å². The Morgan fingerprint density at radius 2 is 2.10 bits per heavy atom. The molecule has 0 aromatic carbocycles. The van der Waals surface area contributed by atoms with Crippen molar-refractivity contribution in [2.75, 3.05) is 11.1 Å². The van der Waals surface area contributed by atoms with Crippen LogP contribution in [-0.4, -0.2) is 31.8 Å². The molecule has 0 radical (unpaired) electrons. The number of hydrogen-bond donors (Lipinski definition) is 2. The second kappa shape index (κ2) is 6.14. The fourth-order valence-corrected chi connectivity index (χ4v) is 2.64. The zero-order valence-corrected chi connectivity index (χ0v) is 12.8. The van der Waals surface area contributed by atoms with Gasteiger partial charge in [-0.25, -0.2) is 4.98 Å². The Morgan fingerprint density at radius 3 is 2.70 bits per heavy atom. The number of aryl methyl sites for hydroxylation is 2. The molecule has 9 heteroatoms. The number of amides is 1. The molecule has 0 saturated heterocycles. The molecule has 7 nitrogen and oxygen atoms in total. The van der Waals surface area contributed by atoms with E-state index in [-0.39, 0.29) is 17.2 Å². The third-order valence-electron chi connectivity index (χ3n) is 2.49. The van der Waals surface area contributed by atoms with E-state index < -0.39 is 0 Å². The predicted octanol–water partition coefficient (Wildman–Crippen LogP) is 1.28. The van der Waals surface area contributed by atoms with E-state index in [2.05, 4.69) is 25.5 Å². The summed E-state index contributed by atoms with van der Waals surface area (Å²) in [5, 5.41) is 11.9. The first kappa shape index (κ1) is 14.7. The lowest BCUT2D eigenvalue weighted by Crippen LogP contribution is -2.17. The maximum absolute atomic E-state index is 11.7. The Bertz CT molecular complexity index is 694. The van der Waals surface area contributed by atoms with Gasteiger partial charge in [-0.2, -0.15) is 0 Å². The zero-order chi connectivity index (χ0) is 14.7. The van der Waals surface area contributed by atoms with Crippen LogP contribution in [0.4, 0.5) is 5.13 Å². The number of aromatic nitrogens is 4. The van der Waals surface area contributed by atoms with Crippen LogP contribution >= 0.6 is 23.1 Å². The maximum atomic E-state index is 11.7. The van der Waals surface area contributed by atoms with E-state index in [1.54, 1.807) is 13.8 Å². The minimum atomic E-state index is -0.216. The fraction of sp³-hybridized carbons (Fsp3) is 0.364. The largest absolute Gasteiger partial charge is 0.301 e. The summed E-state index contributed by atoms with van der Waals surface area (Å²) in [6.07, 6.45) is 0. The molecule has 0 aliphatic rings. The van der Waals surface area contributed by atoms with Gasteiger partial charge in [-0.3, -0.25) is 14.9 Å². The average molecular weight is 311 g/mol. The van der Waals surface area contributed by atoms with Crippen molar-refractivity contribution < 1.29 is 4.79 Å². The number of anilines is 1. The highest BCUT2D eigenvalue weighted by atomic mass is 32.2. The molecule has 0 saturated carbocycles. The van der Waals surface area contributed by atoms with E-state index in [0.717, 1.165) is 5.01 Å². The van der Waals surface area contributed by atoms with E-state index >= 15 is 0 Å². The van der Waals surface area contributed by atoms with E-state index in [1.165, 1.54) is 23.1 Å². The summed E-state index contributed by atoms with van der Waals surface area (Å²) in [5.41, 5.74) is 1.07. The van der Waals surface area contributed by atoms with Crippen LogP contribution in [0.1, 0.15) is 16.3 Å². The number of rotatable bonds is 4. The monoisotopic (exact) mass is 311 g/mol. The molecule has 0 bridgehead atoms. The van der Waals surface area contributed by atoms with Crippen molar-refractivity contribution in [1.82, 2.24) is 20.2 Å². The third kappa shape index (κ3) is 3.64. The van der Waals surface area contributed by atoms with Gasteiger partial charge >= 0.3 is 0 Å². The SMILES string of the molecule is Cc1nnc(NC(=O)CSc2nc(C)c(C)c(=O)[nH]2)s1. The van der Waals surface area contributed by atoms with Crippen molar-refractivity contribution in [3.63, 3.8) is 0 Å². The summed E-state index contributed by atoms with van der Waals surface area (Å²) in [6, 6.07) is 0. The summed E-state index contributed by atoms with van der Waals surface area (Å²) in [6.45, 7) is 5.28. The summed E-state index contributed by atoms with van der Waals surface area (Å²) in [5.74, 6) is -0.0728. The third-order valence-corrected chi connectivity index (χ3v) is 4.11. The first-order valence-corrected chi connectivity index (χ1v) is 7.56. The molecule has 0 spiro atoms. The number of H-pyrrole nitrogens is 1. The van der Waals surface area contributed by atoms with Gasteiger partial charge in [0.1, 0.15) is 5.01 Å². The number of thioether (sulfide) groups is 1. The van der Waals surface area contributed by atoms with Gasteiger partial charge in [-0.1, -0.05) is 23.1 Å². The van der Waals surface area contributed by atoms with Crippen LogP contribution in [0.15, 0.2) is 9.95 Å². The Balaban J connectivity index is 1.95. The lowest BCUT2D eigenvalue weighted by atomic mass is 10.3. The molecule has 2 heterocycles. The molecule has 0 fully saturated rings. The number of nitrogens with zero attached hydrogens (tertiary/aromatic N) is 3. The lowest BCUT2D eigenvalue weighted by Gasteiger charge is -2.03. The molecule has 106 valence electrons. The van der Waals surface area contributed by atoms with Crippen LogP contribution in [0.25, 0.3) is 0 Å². The van der Waals surface area contributed by atoms with Crippen molar-refractivity contribution >= 4 is 34.1 Å². The molecule has 2 aromatic rings. The molecule has 0 atom stereocenters. The highest BCUT2D eigenvalue weighted by Gasteiger charge is 2.09. The normalized spacial score (nSPS) is 10.6. The summed E-state index contributed by atoms with van der Waals surface area (Å²) >= 11 is 2.48. The quantitative estimate of drug-likeness (QED) is 0.651. The van der Waals surface area contributed by atoms with Crippen LogP contribution < -0.4 is 10.9 Å². The molecule has 0 aliphatic heterocycles. The Hall–Kier alpha value is -1.74. The fourth-order valence-electron chi connectivity index (χ4n) is 1.32. The smallest absolute Gasteiger partial charge is 0.254 e. The van der Waals surface area contributed by atoms with E-state index in [9.17, 15) is 9.59 Å². The van der Waals surface area contributed by atoms with Crippen molar-refractivity contribution in [2.45, 2.75) is 25.9 Å². The zero-order valence-electron chi connectivity index (χ0n) is 11.2. The van der Waals surface area contributed by atoms with Crippen molar-refractivity contribution in [3.8, 4) is 0 Å². The number of aromatic amines is 1. The molecule has 1 amide bonds. The van der Waals surface area contributed by atoms with E-state index in [4.69, 9.17) is 0 Å². The Morgan fingerprint density at radius 1 is 1.35 bits per heavy atom. The maximum Gasteiger partial charge on any atom is 0.254 e. The highest BCUT2D eigenvalue weighted by molar-refractivity contribution is 7.99. The number of hydrogen-bond acceptors (Lipinski definition) is 7. The van der Waals surface area contributed by atoms with Crippen LogP contribution in [-0.2, 0) is 4.79 Å². The molecule has 2 rings (SSSR count). The highest BCUT2D eigenvalue weighted by Crippen LogP contribution is 2.16. The Labute approximate surface area is 123 Å².